The van der Waals surface area contributed by atoms with E-state index in [1.807, 2.05) is 77.0 Å². The van der Waals surface area contributed by atoms with Crippen LogP contribution >= 0.6 is 11.3 Å². The lowest BCUT2D eigenvalue weighted by Gasteiger charge is -2.44. The van der Waals surface area contributed by atoms with Gasteiger partial charge in [0.25, 0.3) is 0 Å². The molecule has 0 radical (unpaired) electrons. The van der Waals surface area contributed by atoms with E-state index in [1.165, 1.54) is 11.3 Å². The van der Waals surface area contributed by atoms with Crippen LogP contribution in [0.4, 0.5) is 9.93 Å². The fraction of sp³-hybridized carbons (Fsp3) is 0.303. The maximum absolute atomic E-state index is 14.3. The fourth-order valence-corrected chi connectivity index (χ4v) is 6.40. The van der Waals surface area contributed by atoms with E-state index in [1.54, 1.807) is 0 Å². The summed E-state index contributed by atoms with van der Waals surface area (Å²) >= 11 is 1.39. The molecule has 4 aromatic rings. The van der Waals surface area contributed by atoms with E-state index in [0.717, 1.165) is 48.3 Å². The monoisotopic (exact) mass is 567 g/mol. The van der Waals surface area contributed by atoms with Crippen molar-refractivity contribution in [2.45, 2.75) is 44.2 Å². The zero-order chi connectivity index (χ0) is 28.5. The molecule has 1 aliphatic heterocycles. The van der Waals surface area contributed by atoms with E-state index in [0.29, 0.717) is 11.6 Å². The number of aromatic nitrogens is 1. The smallest absolute Gasteiger partial charge is 0.324 e. The molecule has 0 saturated carbocycles. The first kappa shape index (κ1) is 28.5. The number of nitrogens with one attached hydrogen (secondary N) is 3. The summed E-state index contributed by atoms with van der Waals surface area (Å²) in [5.41, 5.74) is 2.99. The van der Waals surface area contributed by atoms with Gasteiger partial charge in [-0.05, 0) is 36.9 Å². The fourth-order valence-electron chi connectivity index (χ4n) is 5.69. The van der Waals surface area contributed by atoms with Crippen LogP contribution in [-0.4, -0.2) is 47.5 Å². The summed E-state index contributed by atoms with van der Waals surface area (Å²) < 4.78 is 0. The largest absolute Gasteiger partial charge is 0.352 e. The Balaban J connectivity index is 1.47. The Labute approximate surface area is 246 Å². The van der Waals surface area contributed by atoms with Crippen molar-refractivity contribution in [3.05, 3.63) is 108 Å². The van der Waals surface area contributed by atoms with Crippen molar-refractivity contribution >= 4 is 28.4 Å². The van der Waals surface area contributed by atoms with Gasteiger partial charge in [-0.2, -0.15) is 0 Å². The summed E-state index contributed by atoms with van der Waals surface area (Å²) in [4.78, 5) is 33.9. The van der Waals surface area contributed by atoms with Crippen molar-refractivity contribution in [1.29, 1.82) is 0 Å². The molecule has 1 aromatic heterocycles. The Hall–Kier alpha value is -4.01. The third-order valence-electron chi connectivity index (χ3n) is 7.73. The molecule has 3 amide bonds. The van der Waals surface area contributed by atoms with Gasteiger partial charge in [-0.3, -0.25) is 10.1 Å². The van der Waals surface area contributed by atoms with Crippen molar-refractivity contribution in [1.82, 2.24) is 20.5 Å². The molecule has 1 unspecified atom stereocenters. The van der Waals surface area contributed by atoms with Crippen LogP contribution in [-0.2, 0) is 10.3 Å². The second-order valence-electron chi connectivity index (χ2n) is 10.3. The van der Waals surface area contributed by atoms with E-state index in [9.17, 15) is 9.59 Å². The molecule has 1 atom stereocenters. The van der Waals surface area contributed by atoms with Gasteiger partial charge in [0.15, 0.2) is 5.13 Å². The molecule has 0 bridgehead atoms. The molecule has 3 aromatic carbocycles. The Morgan fingerprint density at radius 2 is 1.61 bits per heavy atom. The van der Waals surface area contributed by atoms with Crippen LogP contribution in [0, 0.1) is 0 Å². The number of hydrogen-bond acceptors (Lipinski definition) is 5. The third-order valence-corrected chi connectivity index (χ3v) is 8.49. The lowest BCUT2D eigenvalue weighted by molar-refractivity contribution is -0.122. The summed E-state index contributed by atoms with van der Waals surface area (Å²) in [6.45, 7) is 4.09. The van der Waals surface area contributed by atoms with Gasteiger partial charge in [0, 0.05) is 36.5 Å². The van der Waals surface area contributed by atoms with Gasteiger partial charge in [0.05, 0.1) is 11.2 Å². The quantitative estimate of drug-likeness (QED) is 0.211. The van der Waals surface area contributed by atoms with Crippen LogP contribution in [0.15, 0.2) is 96.4 Å². The molecular weight excluding hydrogens is 530 g/mol. The van der Waals surface area contributed by atoms with Gasteiger partial charge in [-0.1, -0.05) is 97.9 Å². The van der Waals surface area contributed by atoms with Crippen LogP contribution in [0.5, 0.6) is 0 Å². The summed E-state index contributed by atoms with van der Waals surface area (Å²) in [6, 6.07) is 29.9. The Morgan fingerprint density at radius 1 is 0.976 bits per heavy atom. The third kappa shape index (κ3) is 6.66. The van der Waals surface area contributed by atoms with Gasteiger partial charge in [0.1, 0.15) is 0 Å². The summed E-state index contributed by atoms with van der Waals surface area (Å²) in [5, 5.41) is 12.0. The number of anilines is 1. The lowest BCUT2D eigenvalue weighted by Crippen LogP contribution is -2.53. The molecule has 7 nitrogen and oxygen atoms in total. The SMILES string of the molecule is CCC(c1ccccc1)(c1ccccc1)N(CCC(=O)NC1CCCNC1)C(=O)Nc1nc(-c2ccccc2)cs1. The second kappa shape index (κ2) is 13.6. The molecule has 2 heterocycles. The van der Waals surface area contributed by atoms with Crippen molar-refractivity contribution in [3.63, 3.8) is 0 Å². The summed E-state index contributed by atoms with van der Waals surface area (Å²) in [5.74, 6) is -0.0526. The van der Waals surface area contributed by atoms with Crippen molar-refractivity contribution in [3.8, 4) is 11.3 Å². The highest BCUT2D eigenvalue weighted by atomic mass is 32.1. The first-order valence-electron chi connectivity index (χ1n) is 14.3. The van der Waals surface area contributed by atoms with Crippen molar-refractivity contribution in [2.75, 3.05) is 25.0 Å². The Kier molecular flexibility index (Phi) is 9.44. The number of amides is 3. The van der Waals surface area contributed by atoms with E-state index >= 15 is 0 Å². The Bertz CT molecular complexity index is 1370. The molecule has 5 rings (SSSR count). The molecule has 212 valence electrons. The maximum Gasteiger partial charge on any atom is 0.324 e. The average Bonchev–Trinajstić information content (AvgIpc) is 3.49. The molecule has 3 N–H and O–H groups in total. The van der Waals surface area contributed by atoms with Crippen LogP contribution in [0.2, 0.25) is 0 Å². The number of carbonyl (C=O) groups is 2. The topological polar surface area (TPSA) is 86.4 Å². The zero-order valence-corrected chi connectivity index (χ0v) is 24.2. The number of carbonyl (C=O) groups excluding carboxylic acids is 2. The highest BCUT2D eigenvalue weighted by Gasteiger charge is 2.42. The van der Waals surface area contributed by atoms with Crippen molar-refractivity contribution < 1.29 is 9.59 Å². The highest BCUT2D eigenvalue weighted by molar-refractivity contribution is 7.14. The minimum Gasteiger partial charge on any atom is -0.352 e. The predicted octanol–water partition coefficient (Wildman–Crippen LogP) is 6.26. The van der Waals surface area contributed by atoms with E-state index in [4.69, 9.17) is 4.98 Å². The predicted molar refractivity (Wildman–Crippen MR) is 166 cm³/mol. The number of urea groups is 1. The molecule has 1 fully saturated rings. The van der Waals surface area contributed by atoms with Gasteiger partial charge in [0.2, 0.25) is 5.91 Å². The number of rotatable bonds is 10. The average molecular weight is 568 g/mol. The standard InChI is InChI=1S/C33H37N5O2S/c1-2-33(26-15-8-4-9-16-26,27-17-10-5-11-18-27)38(22-20-30(39)35-28-19-12-21-34-23-28)32(40)37-31-36-29(24-41-31)25-13-6-3-7-14-25/h3-11,13-18,24,28,34H,2,12,19-23H2,1H3,(H,35,39)(H,36,37,40). The van der Waals surface area contributed by atoms with Crippen molar-refractivity contribution in [2.24, 2.45) is 0 Å². The minimum absolute atomic E-state index is 0.0526. The Morgan fingerprint density at radius 3 is 2.20 bits per heavy atom. The molecule has 1 aliphatic rings. The molecule has 1 saturated heterocycles. The number of nitrogens with zero attached hydrogens (tertiary/aromatic N) is 2. The molecule has 41 heavy (non-hydrogen) atoms. The number of piperidine rings is 1. The summed E-state index contributed by atoms with van der Waals surface area (Å²) in [7, 11) is 0. The number of benzene rings is 3. The first-order valence-corrected chi connectivity index (χ1v) is 15.2. The number of hydrogen-bond donors (Lipinski definition) is 3. The maximum atomic E-state index is 14.3. The van der Waals surface area contributed by atoms with E-state index in [-0.39, 0.29) is 30.9 Å². The van der Waals surface area contributed by atoms with E-state index < -0.39 is 5.54 Å². The molecule has 0 spiro atoms. The highest BCUT2D eigenvalue weighted by Crippen LogP contribution is 2.40. The van der Waals surface area contributed by atoms with Gasteiger partial charge in [-0.15, -0.1) is 11.3 Å². The molecular formula is C33H37N5O2S. The van der Waals surface area contributed by atoms with E-state index in [2.05, 4.69) is 47.1 Å². The van der Waals surface area contributed by atoms with Crippen LogP contribution in [0.3, 0.4) is 0 Å². The lowest BCUT2D eigenvalue weighted by atomic mass is 9.79. The zero-order valence-electron chi connectivity index (χ0n) is 23.4. The van der Waals surface area contributed by atoms with Crippen LogP contribution < -0.4 is 16.0 Å². The number of thiazole rings is 1. The van der Waals surface area contributed by atoms with Crippen LogP contribution in [0.1, 0.15) is 43.7 Å². The van der Waals surface area contributed by atoms with Gasteiger partial charge < -0.3 is 15.5 Å². The summed E-state index contributed by atoms with van der Waals surface area (Å²) in [6.07, 6.45) is 2.82. The molecule has 8 heteroatoms. The van der Waals surface area contributed by atoms with Gasteiger partial charge in [-0.25, -0.2) is 9.78 Å². The molecule has 0 aliphatic carbocycles. The normalized spacial score (nSPS) is 15.2. The first-order chi connectivity index (χ1) is 20.1. The van der Waals surface area contributed by atoms with Gasteiger partial charge >= 0.3 is 6.03 Å². The van der Waals surface area contributed by atoms with Crippen LogP contribution in [0.25, 0.3) is 11.3 Å². The minimum atomic E-state index is -0.793. The second-order valence-corrected chi connectivity index (χ2v) is 11.2.